The zero-order valence-electron chi connectivity index (χ0n) is 12.2. The fraction of sp³-hybridized carbons (Fsp3) is 0.188. The Kier molecular flexibility index (Phi) is 5.04. The second-order valence-electron chi connectivity index (χ2n) is 4.96. The van der Waals surface area contributed by atoms with Crippen molar-refractivity contribution in [2.75, 3.05) is 5.32 Å². The lowest BCUT2D eigenvalue weighted by Crippen LogP contribution is -2.12. The molecule has 2 aromatic rings. The second-order valence-corrected chi connectivity index (χ2v) is 4.96. The predicted octanol–water partition coefficient (Wildman–Crippen LogP) is 4.68. The molecule has 5 nitrogen and oxygen atoms in total. The Bertz CT molecular complexity index is 770. The Labute approximate surface area is 135 Å². The third-order valence-corrected chi connectivity index (χ3v) is 3.35. The first-order valence-corrected chi connectivity index (χ1v) is 6.87. The first-order chi connectivity index (χ1) is 11.3. The molecule has 0 fully saturated rings. The fourth-order valence-corrected chi connectivity index (χ4v) is 2.20. The van der Waals surface area contributed by atoms with Crippen molar-refractivity contribution in [2.24, 2.45) is 0 Å². The van der Waals surface area contributed by atoms with Crippen molar-refractivity contribution in [3.8, 4) is 6.07 Å². The van der Waals surface area contributed by atoms with Crippen LogP contribution in [-0.2, 0) is 6.18 Å². The smallest absolute Gasteiger partial charge is 0.372 e. The molecule has 0 unspecified atom stereocenters. The number of nitriles is 1. The maximum absolute atomic E-state index is 12.7. The van der Waals surface area contributed by atoms with E-state index in [0.29, 0.717) is 11.6 Å². The molecule has 0 saturated carbocycles. The topological polar surface area (TPSA) is 79.0 Å². The van der Waals surface area contributed by atoms with Gasteiger partial charge < -0.3 is 5.32 Å². The van der Waals surface area contributed by atoms with Gasteiger partial charge in [-0.2, -0.15) is 18.4 Å². The van der Waals surface area contributed by atoms with Gasteiger partial charge in [0.15, 0.2) is 0 Å². The Morgan fingerprint density at radius 3 is 2.42 bits per heavy atom. The molecule has 0 aliphatic heterocycles. The highest BCUT2D eigenvalue weighted by Crippen LogP contribution is 2.36. The largest absolute Gasteiger partial charge is 0.416 e. The van der Waals surface area contributed by atoms with Gasteiger partial charge in [-0.3, -0.25) is 10.1 Å². The average molecular weight is 335 g/mol. The van der Waals surface area contributed by atoms with Crippen LogP contribution in [0.15, 0.2) is 48.5 Å². The Morgan fingerprint density at radius 2 is 1.88 bits per heavy atom. The molecule has 0 aliphatic carbocycles. The third-order valence-electron chi connectivity index (χ3n) is 3.35. The molecule has 2 rings (SSSR count). The molecular weight excluding hydrogens is 323 g/mol. The van der Waals surface area contributed by atoms with Gasteiger partial charge in [0.05, 0.1) is 29.0 Å². The number of alkyl halides is 3. The highest BCUT2D eigenvalue weighted by molar-refractivity contribution is 5.64. The van der Waals surface area contributed by atoms with Crippen molar-refractivity contribution < 1.29 is 18.1 Å². The lowest BCUT2D eigenvalue weighted by Gasteiger charge is -2.18. The average Bonchev–Trinajstić information content (AvgIpc) is 2.54. The van der Waals surface area contributed by atoms with Gasteiger partial charge in [-0.25, -0.2) is 0 Å². The van der Waals surface area contributed by atoms with Crippen LogP contribution in [0.5, 0.6) is 0 Å². The summed E-state index contributed by atoms with van der Waals surface area (Å²) in [6.45, 7) is 0. The maximum atomic E-state index is 12.7. The minimum Gasteiger partial charge on any atom is -0.372 e. The van der Waals surface area contributed by atoms with E-state index in [2.05, 4.69) is 5.32 Å². The molecule has 1 atom stereocenters. The van der Waals surface area contributed by atoms with E-state index in [1.807, 2.05) is 6.07 Å². The van der Waals surface area contributed by atoms with Crippen LogP contribution in [0, 0.1) is 21.4 Å². The highest BCUT2D eigenvalue weighted by atomic mass is 19.4. The first-order valence-electron chi connectivity index (χ1n) is 6.87. The summed E-state index contributed by atoms with van der Waals surface area (Å²) in [7, 11) is 0. The fourth-order valence-electron chi connectivity index (χ4n) is 2.20. The van der Waals surface area contributed by atoms with Crippen LogP contribution >= 0.6 is 0 Å². The van der Waals surface area contributed by atoms with E-state index < -0.39 is 28.4 Å². The Hall–Kier alpha value is -3.08. The Morgan fingerprint density at radius 1 is 1.21 bits per heavy atom. The first kappa shape index (κ1) is 17.3. The molecule has 0 aromatic heterocycles. The molecule has 0 saturated heterocycles. The minimum absolute atomic E-state index is 0.00217. The van der Waals surface area contributed by atoms with Gasteiger partial charge in [-0.15, -0.1) is 0 Å². The molecule has 0 radical (unpaired) electrons. The number of nitrogens with zero attached hydrogens (tertiary/aromatic N) is 2. The van der Waals surface area contributed by atoms with E-state index in [-0.39, 0.29) is 12.1 Å². The molecule has 0 spiro atoms. The van der Waals surface area contributed by atoms with E-state index in [0.717, 1.165) is 12.1 Å². The molecule has 0 aliphatic rings. The number of nitro groups is 1. The minimum atomic E-state index is -4.67. The summed E-state index contributed by atoms with van der Waals surface area (Å²) in [6.07, 6.45) is -4.67. The molecular formula is C16H12F3N3O2. The molecule has 0 heterocycles. The lowest BCUT2D eigenvalue weighted by molar-refractivity contribution is -0.384. The second kappa shape index (κ2) is 7.00. The molecule has 1 N–H and O–H groups in total. The van der Waals surface area contributed by atoms with E-state index in [4.69, 9.17) is 5.26 Å². The van der Waals surface area contributed by atoms with Gasteiger partial charge in [-0.05, 0) is 17.7 Å². The lowest BCUT2D eigenvalue weighted by atomic mass is 10.0. The van der Waals surface area contributed by atoms with Crippen molar-refractivity contribution in [3.63, 3.8) is 0 Å². The Balaban J connectivity index is 2.40. The number of benzene rings is 2. The summed E-state index contributed by atoms with van der Waals surface area (Å²) in [6, 6.07) is 12.3. The van der Waals surface area contributed by atoms with Crippen LogP contribution in [0.3, 0.4) is 0 Å². The van der Waals surface area contributed by atoms with Crippen molar-refractivity contribution in [3.05, 3.63) is 69.8 Å². The molecule has 124 valence electrons. The summed E-state index contributed by atoms with van der Waals surface area (Å²) in [5.41, 5.74) is -1.16. The quantitative estimate of drug-likeness (QED) is 0.635. The zero-order chi connectivity index (χ0) is 17.7. The van der Waals surface area contributed by atoms with Gasteiger partial charge in [0.25, 0.3) is 5.69 Å². The molecule has 8 heteroatoms. The monoisotopic (exact) mass is 335 g/mol. The van der Waals surface area contributed by atoms with E-state index in [9.17, 15) is 23.3 Å². The van der Waals surface area contributed by atoms with Gasteiger partial charge >= 0.3 is 6.18 Å². The number of anilines is 1. The van der Waals surface area contributed by atoms with Crippen molar-refractivity contribution in [2.45, 2.75) is 18.6 Å². The standard InChI is InChI=1S/C16H12F3N3O2/c17-16(18,19)12-6-7-14(15(10-12)22(23)24)21-13(8-9-20)11-4-2-1-3-5-11/h1-7,10,13,21H,8H2/t13-/m1/s1. The van der Waals surface area contributed by atoms with Crippen LogP contribution in [-0.4, -0.2) is 4.92 Å². The van der Waals surface area contributed by atoms with Gasteiger partial charge in [0, 0.05) is 6.07 Å². The predicted molar refractivity (Wildman–Crippen MR) is 81.1 cm³/mol. The van der Waals surface area contributed by atoms with Crippen LogP contribution in [0.25, 0.3) is 0 Å². The number of hydrogen-bond donors (Lipinski definition) is 1. The maximum Gasteiger partial charge on any atom is 0.416 e. The zero-order valence-corrected chi connectivity index (χ0v) is 12.2. The van der Waals surface area contributed by atoms with Crippen LogP contribution in [0.1, 0.15) is 23.6 Å². The number of rotatable bonds is 5. The number of halogens is 3. The number of nitro benzene ring substituents is 1. The highest BCUT2D eigenvalue weighted by Gasteiger charge is 2.33. The van der Waals surface area contributed by atoms with E-state index >= 15 is 0 Å². The summed E-state index contributed by atoms with van der Waals surface area (Å²) in [4.78, 5) is 10.2. The summed E-state index contributed by atoms with van der Waals surface area (Å²) < 4.78 is 38.2. The molecule has 24 heavy (non-hydrogen) atoms. The van der Waals surface area contributed by atoms with Crippen molar-refractivity contribution in [1.82, 2.24) is 0 Å². The van der Waals surface area contributed by atoms with Crippen molar-refractivity contribution in [1.29, 1.82) is 5.26 Å². The SMILES string of the molecule is N#CC[C@@H](Nc1ccc(C(F)(F)F)cc1[N+](=O)[O-])c1ccccc1. The van der Waals surface area contributed by atoms with E-state index in [1.165, 1.54) is 0 Å². The number of hydrogen-bond acceptors (Lipinski definition) is 4. The summed E-state index contributed by atoms with van der Waals surface area (Å²) in [5.74, 6) is 0. The van der Waals surface area contributed by atoms with Crippen molar-refractivity contribution >= 4 is 11.4 Å². The summed E-state index contributed by atoms with van der Waals surface area (Å²) >= 11 is 0. The number of nitrogens with one attached hydrogen (secondary N) is 1. The molecule has 2 aromatic carbocycles. The third kappa shape index (κ3) is 4.01. The van der Waals surface area contributed by atoms with Crippen LogP contribution in [0.2, 0.25) is 0 Å². The van der Waals surface area contributed by atoms with E-state index in [1.54, 1.807) is 30.3 Å². The normalized spacial score (nSPS) is 12.2. The van der Waals surface area contributed by atoms with Crippen LogP contribution in [0.4, 0.5) is 24.5 Å². The van der Waals surface area contributed by atoms with Gasteiger partial charge in [0.2, 0.25) is 0 Å². The molecule has 0 amide bonds. The summed E-state index contributed by atoms with van der Waals surface area (Å²) in [5, 5.41) is 22.8. The van der Waals surface area contributed by atoms with Gasteiger partial charge in [0.1, 0.15) is 5.69 Å². The van der Waals surface area contributed by atoms with Gasteiger partial charge in [-0.1, -0.05) is 30.3 Å². The molecule has 0 bridgehead atoms. The van der Waals surface area contributed by atoms with Crippen LogP contribution < -0.4 is 5.32 Å².